The fourth-order valence-corrected chi connectivity index (χ4v) is 2.95. The van der Waals surface area contributed by atoms with E-state index in [0.717, 1.165) is 30.8 Å². The third kappa shape index (κ3) is 2.32. The molecule has 2 aliphatic heterocycles. The monoisotopic (exact) mass is 260 g/mol. The van der Waals surface area contributed by atoms with Crippen molar-refractivity contribution in [2.75, 3.05) is 18.0 Å². The largest absolute Gasteiger partial charge is 0.491 e. The maximum Gasteiger partial charge on any atom is 0.241 e. The molecule has 1 aromatic rings. The lowest BCUT2D eigenvalue weighted by molar-refractivity contribution is -0.119. The van der Waals surface area contributed by atoms with Gasteiger partial charge in [0.1, 0.15) is 5.75 Å². The molecule has 0 bridgehead atoms. The van der Waals surface area contributed by atoms with Crippen molar-refractivity contribution in [3.63, 3.8) is 0 Å². The third-order valence-electron chi connectivity index (χ3n) is 3.72. The molecule has 0 spiro atoms. The van der Waals surface area contributed by atoms with Crippen LogP contribution in [0.5, 0.6) is 5.75 Å². The summed E-state index contributed by atoms with van der Waals surface area (Å²) in [5.41, 5.74) is 2.29. The Morgan fingerprint density at radius 3 is 3.05 bits per heavy atom. The molecule has 4 nitrogen and oxygen atoms in total. The first kappa shape index (κ1) is 12.5. The van der Waals surface area contributed by atoms with Crippen molar-refractivity contribution in [3.8, 4) is 5.75 Å². The van der Waals surface area contributed by atoms with Gasteiger partial charge < -0.3 is 15.0 Å². The lowest BCUT2D eigenvalue weighted by atomic mass is 9.94. The molecule has 0 aromatic heterocycles. The van der Waals surface area contributed by atoms with E-state index in [4.69, 9.17) is 4.74 Å². The molecule has 1 N–H and O–H groups in total. The standard InChI is InChI=1S/C15H20N2O2/c1-10(2)19-13-5-6-14-11(7-13)3-4-12-8-16-9-15(18)17(12)14/h5-7,10,12,16H,3-4,8-9H2,1-2H3. The van der Waals surface area contributed by atoms with Crippen molar-refractivity contribution in [2.45, 2.75) is 38.8 Å². The summed E-state index contributed by atoms with van der Waals surface area (Å²) in [4.78, 5) is 14.1. The molecule has 1 unspecified atom stereocenters. The van der Waals surface area contributed by atoms with E-state index in [0.29, 0.717) is 12.6 Å². The van der Waals surface area contributed by atoms with Crippen LogP contribution in [0.4, 0.5) is 5.69 Å². The number of ether oxygens (including phenoxy) is 1. The molecule has 0 saturated carbocycles. The van der Waals surface area contributed by atoms with Crippen molar-refractivity contribution < 1.29 is 9.53 Å². The third-order valence-corrected chi connectivity index (χ3v) is 3.72. The number of amides is 1. The fraction of sp³-hybridized carbons (Fsp3) is 0.533. The van der Waals surface area contributed by atoms with Crippen molar-refractivity contribution in [2.24, 2.45) is 0 Å². The summed E-state index contributed by atoms with van der Waals surface area (Å²) in [6.07, 6.45) is 2.22. The first-order chi connectivity index (χ1) is 9.15. The van der Waals surface area contributed by atoms with Gasteiger partial charge in [-0.3, -0.25) is 4.79 Å². The second kappa shape index (κ2) is 4.85. The van der Waals surface area contributed by atoms with E-state index >= 15 is 0 Å². The second-order valence-electron chi connectivity index (χ2n) is 5.54. The number of carbonyl (C=O) groups is 1. The molecular formula is C15H20N2O2. The lowest BCUT2D eigenvalue weighted by Gasteiger charge is -2.40. The molecule has 1 amide bonds. The summed E-state index contributed by atoms with van der Waals surface area (Å²) in [5.74, 6) is 1.07. The summed E-state index contributed by atoms with van der Waals surface area (Å²) in [6.45, 7) is 5.39. The Morgan fingerprint density at radius 2 is 2.26 bits per heavy atom. The number of anilines is 1. The van der Waals surface area contributed by atoms with E-state index in [9.17, 15) is 4.79 Å². The Hall–Kier alpha value is -1.55. The maximum absolute atomic E-state index is 12.1. The molecule has 19 heavy (non-hydrogen) atoms. The van der Waals surface area contributed by atoms with Crippen LogP contribution < -0.4 is 15.0 Å². The molecule has 0 radical (unpaired) electrons. The fourth-order valence-electron chi connectivity index (χ4n) is 2.95. The van der Waals surface area contributed by atoms with Gasteiger partial charge in [0.05, 0.1) is 12.6 Å². The number of rotatable bonds is 2. The van der Waals surface area contributed by atoms with E-state index in [-0.39, 0.29) is 12.0 Å². The molecule has 1 fully saturated rings. The van der Waals surface area contributed by atoms with Crippen molar-refractivity contribution in [1.82, 2.24) is 5.32 Å². The summed E-state index contributed by atoms with van der Waals surface area (Å²) >= 11 is 0. The number of aryl methyl sites for hydroxylation is 1. The number of piperazine rings is 1. The summed E-state index contributed by atoms with van der Waals surface area (Å²) in [5, 5.41) is 3.19. The Labute approximate surface area is 113 Å². The first-order valence-electron chi connectivity index (χ1n) is 6.97. The molecule has 1 aromatic carbocycles. The van der Waals surface area contributed by atoms with Crippen LogP contribution in [0, 0.1) is 0 Å². The number of hydrogen-bond donors (Lipinski definition) is 1. The average molecular weight is 260 g/mol. The van der Waals surface area contributed by atoms with E-state index < -0.39 is 0 Å². The number of carbonyl (C=O) groups excluding carboxylic acids is 1. The highest BCUT2D eigenvalue weighted by atomic mass is 16.5. The van der Waals surface area contributed by atoms with Crippen LogP contribution in [-0.4, -0.2) is 31.1 Å². The van der Waals surface area contributed by atoms with Gasteiger partial charge in [0.2, 0.25) is 5.91 Å². The van der Waals surface area contributed by atoms with Crippen LogP contribution in [0.3, 0.4) is 0 Å². The van der Waals surface area contributed by atoms with Crippen LogP contribution in [0.1, 0.15) is 25.8 Å². The summed E-state index contributed by atoms with van der Waals surface area (Å²) in [6, 6.07) is 6.39. The molecule has 0 aliphatic carbocycles. The minimum absolute atomic E-state index is 0.176. The van der Waals surface area contributed by atoms with Gasteiger partial charge in [-0.1, -0.05) is 0 Å². The zero-order valence-corrected chi connectivity index (χ0v) is 11.5. The Morgan fingerprint density at radius 1 is 1.42 bits per heavy atom. The molecule has 2 heterocycles. The van der Waals surface area contributed by atoms with Gasteiger partial charge in [0.15, 0.2) is 0 Å². The molecule has 2 aliphatic rings. The highest BCUT2D eigenvalue weighted by Crippen LogP contribution is 2.34. The Kier molecular flexibility index (Phi) is 3.19. The topological polar surface area (TPSA) is 41.6 Å². The highest BCUT2D eigenvalue weighted by Gasteiger charge is 2.33. The minimum Gasteiger partial charge on any atom is -0.491 e. The number of benzene rings is 1. The van der Waals surface area contributed by atoms with Crippen molar-refractivity contribution in [3.05, 3.63) is 23.8 Å². The molecule has 4 heteroatoms. The highest BCUT2D eigenvalue weighted by molar-refractivity contribution is 5.97. The summed E-state index contributed by atoms with van der Waals surface area (Å²) in [7, 11) is 0. The first-order valence-corrected chi connectivity index (χ1v) is 6.97. The maximum atomic E-state index is 12.1. The van der Waals surface area contributed by atoms with Crippen molar-refractivity contribution >= 4 is 11.6 Å². The van der Waals surface area contributed by atoms with Crippen LogP contribution >= 0.6 is 0 Å². The molecule has 3 rings (SSSR count). The predicted molar refractivity (Wildman–Crippen MR) is 74.7 cm³/mol. The van der Waals surface area contributed by atoms with E-state index in [2.05, 4.69) is 11.4 Å². The zero-order chi connectivity index (χ0) is 13.4. The number of hydrogen-bond acceptors (Lipinski definition) is 3. The number of fused-ring (bicyclic) bond motifs is 3. The van der Waals surface area contributed by atoms with E-state index in [1.54, 1.807) is 0 Å². The van der Waals surface area contributed by atoms with Gasteiger partial charge in [-0.25, -0.2) is 0 Å². The minimum atomic E-state index is 0.176. The van der Waals surface area contributed by atoms with Gasteiger partial charge in [-0.15, -0.1) is 0 Å². The predicted octanol–water partition coefficient (Wildman–Crippen LogP) is 1.72. The molecule has 102 valence electrons. The zero-order valence-electron chi connectivity index (χ0n) is 11.5. The van der Waals surface area contributed by atoms with Crippen molar-refractivity contribution in [1.29, 1.82) is 0 Å². The van der Waals surface area contributed by atoms with Gasteiger partial charge in [-0.05, 0) is 50.5 Å². The summed E-state index contributed by atoms with van der Waals surface area (Å²) < 4.78 is 5.73. The Bertz CT molecular complexity index is 499. The van der Waals surface area contributed by atoms with Gasteiger partial charge >= 0.3 is 0 Å². The molecular weight excluding hydrogens is 240 g/mol. The molecule has 1 saturated heterocycles. The van der Waals surface area contributed by atoms with E-state index in [1.165, 1.54) is 5.56 Å². The normalized spacial score (nSPS) is 22.2. The number of nitrogens with zero attached hydrogens (tertiary/aromatic N) is 1. The quantitative estimate of drug-likeness (QED) is 0.880. The van der Waals surface area contributed by atoms with Gasteiger partial charge in [0, 0.05) is 18.3 Å². The molecule has 1 atom stereocenters. The lowest BCUT2D eigenvalue weighted by Crippen LogP contribution is -2.56. The van der Waals surface area contributed by atoms with Crippen LogP contribution in [0.2, 0.25) is 0 Å². The van der Waals surface area contributed by atoms with Gasteiger partial charge in [0.25, 0.3) is 0 Å². The second-order valence-corrected chi connectivity index (χ2v) is 5.54. The average Bonchev–Trinajstić information content (AvgIpc) is 2.38. The van der Waals surface area contributed by atoms with Crippen LogP contribution in [-0.2, 0) is 11.2 Å². The van der Waals surface area contributed by atoms with E-state index in [1.807, 2.05) is 30.9 Å². The smallest absolute Gasteiger partial charge is 0.241 e. The van der Waals surface area contributed by atoms with Crippen LogP contribution in [0.15, 0.2) is 18.2 Å². The Balaban J connectivity index is 1.92. The number of nitrogens with one attached hydrogen (secondary N) is 1. The SMILES string of the molecule is CC(C)Oc1ccc2c(c1)CCC1CNCC(=O)N21. The van der Waals surface area contributed by atoms with Crippen LogP contribution in [0.25, 0.3) is 0 Å². The van der Waals surface area contributed by atoms with Gasteiger partial charge in [-0.2, -0.15) is 0 Å².